The first kappa shape index (κ1) is 16.0. The second kappa shape index (κ2) is 5.99. The lowest BCUT2D eigenvalue weighted by Gasteiger charge is -2.08. The first-order valence-electron chi connectivity index (χ1n) is 9.05. The molecule has 0 bridgehead atoms. The topological polar surface area (TPSA) is 25.8 Å². The van der Waals surface area contributed by atoms with E-state index in [2.05, 4.69) is 70.6 Å². The molecule has 2 heterocycles. The molecule has 4 heteroatoms. The average molecular weight is 397 g/mol. The Morgan fingerprint density at radius 3 is 2.25 bits per heavy atom. The fourth-order valence-electron chi connectivity index (χ4n) is 3.93. The number of nitrogens with zero attached hydrogens (tertiary/aromatic N) is 2. The number of benzene rings is 4. The van der Waals surface area contributed by atoms with Crippen LogP contribution in [0.15, 0.2) is 78.9 Å². The Bertz CT molecular complexity index is 1520. The van der Waals surface area contributed by atoms with E-state index in [1.54, 1.807) is 11.3 Å². The summed E-state index contributed by atoms with van der Waals surface area (Å²) in [7, 11) is 0. The van der Waals surface area contributed by atoms with Crippen molar-refractivity contribution in [3.63, 3.8) is 0 Å². The highest BCUT2D eigenvalue weighted by Crippen LogP contribution is 2.41. The number of thiophene rings is 1. The molecular weight excluding hydrogens is 384 g/mol. The van der Waals surface area contributed by atoms with E-state index in [0.29, 0.717) is 0 Å². The van der Waals surface area contributed by atoms with Crippen molar-refractivity contribution in [2.24, 2.45) is 0 Å². The van der Waals surface area contributed by atoms with Crippen LogP contribution in [0.2, 0.25) is 5.28 Å². The molecule has 0 atom stereocenters. The normalized spacial score (nSPS) is 11.8. The SMILES string of the molecule is Clc1nc(-c2ccccc2)c2ccc3sc4cc5ccccc5cc4c3c2n1. The predicted molar refractivity (Wildman–Crippen MR) is 120 cm³/mol. The Kier molecular flexibility index (Phi) is 3.42. The third-order valence-electron chi connectivity index (χ3n) is 5.19. The number of fused-ring (bicyclic) bond motifs is 6. The molecule has 0 saturated carbocycles. The molecular formula is C24H13ClN2S. The maximum absolute atomic E-state index is 6.37. The first-order chi connectivity index (χ1) is 13.8. The van der Waals surface area contributed by atoms with Gasteiger partial charge in [-0.3, -0.25) is 0 Å². The molecule has 28 heavy (non-hydrogen) atoms. The van der Waals surface area contributed by atoms with Gasteiger partial charge in [-0.15, -0.1) is 11.3 Å². The van der Waals surface area contributed by atoms with Gasteiger partial charge in [-0.1, -0.05) is 54.6 Å². The molecule has 132 valence electrons. The Labute approximate surface area is 170 Å². The van der Waals surface area contributed by atoms with Crippen LogP contribution in [0.25, 0.3) is 53.1 Å². The number of halogens is 1. The van der Waals surface area contributed by atoms with Crippen LogP contribution in [0.5, 0.6) is 0 Å². The summed E-state index contributed by atoms with van der Waals surface area (Å²) in [6.07, 6.45) is 0. The average Bonchev–Trinajstić information content (AvgIpc) is 3.10. The Morgan fingerprint density at radius 1 is 0.679 bits per heavy atom. The van der Waals surface area contributed by atoms with Gasteiger partial charge < -0.3 is 0 Å². The fraction of sp³-hybridized carbons (Fsp3) is 0. The predicted octanol–water partition coefficient (Wildman–Crippen LogP) is 7.47. The van der Waals surface area contributed by atoms with Crippen LogP contribution in [0.4, 0.5) is 0 Å². The first-order valence-corrected chi connectivity index (χ1v) is 10.2. The minimum Gasteiger partial charge on any atom is -0.217 e. The minimum atomic E-state index is 0.277. The highest BCUT2D eigenvalue weighted by atomic mass is 35.5. The summed E-state index contributed by atoms with van der Waals surface area (Å²) in [5, 5.41) is 6.16. The van der Waals surface area contributed by atoms with Crippen LogP contribution in [-0.2, 0) is 0 Å². The van der Waals surface area contributed by atoms with Crippen LogP contribution >= 0.6 is 22.9 Å². The van der Waals surface area contributed by atoms with Gasteiger partial charge >= 0.3 is 0 Å². The zero-order valence-electron chi connectivity index (χ0n) is 14.7. The van der Waals surface area contributed by atoms with Gasteiger partial charge in [0.2, 0.25) is 5.28 Å². The standard InChI is InChI=1S/C24H13ClN2S/c25-24-26-22(14-6-2-1-3-7-14)17-10-11-19-21(23(17)27-24)18-12-15-8-4-5-9-16(15)13-20(18)28-19/h1-13H. The second-order valence-electron chi connectivity index (χ2n) is 6.84. The lowest BCUT2D eigenvalue weighted by atomic mass is 10.0. The summed E-state index contributed by atoms with van der Waals surface area (Å²) >= 11 is 8.16. The molecule has 0 amide bonds. The zero-order valence-corrected chi connectivity index (χ0v) is 16.3. The summed E-state index contributed by atoms with van der Waals surface area (Å²) in [6, 6.07) is 27.4. The zero-order chi connectivity index (χ0) is 18.7. The highest BCUT2D eigenvalue weighted by molar-refractivity contribution is 7.26. The van der Waals surface area contributed by atoms with Gasteiger partial charge in [-0.2, -0.15) is 0 Å². The summed E-state index contributed by atoms with van der Waals surface area (Å²) < 4.78 is 2.48. The summed E-state index contributed by atoms with van der Waals surface area (Å²) in [5.74, 6) is 0. The van der Waals surface area contributed by atoms with Gasteiger partial charge in [-0.25, -0.2) is 9.97 Å². The van der Waals surface area contributed by atoms with E-state index < -0.39 is 0 Å². The van der Waals surface area contributed by atoms with Crippen molar-refractivity contribution in [3.05, 3.63) is 84.1 Å². The summed E-state index contributed by atoms with van der Waals surface area (Å²) in [6.45, 7) is 0. The number of hydrogen-bond donors (Lipinski definition) is 0. The summed E-state index contributed by atoms with van der Waals surface area (Å²) in [4.78, 5) is 9.20. The monoisotopic (exact) mass is 396 g/mol. The van der Waals surface area contributed by atoms with Gasteiger partial charge in [-0.05, 0) is 46.6 Å². The summed E-state index contributed by atoms with van der Waals surface area (Å²) in [5.41, 5.74) is 2.83. The van der Waals surface area contributed by atoms with Crippen LogP contribution in [0, 0.1) is 0 Å². The number of hydrogen-bond acceptors (Lipinski definition) is 3. The quantitative estimate of drug-likeness (QED) is 0.269. The van der Waals surface area contributed by atoms with Gasteiger partial charge in [0.15, 0.2) is 0 Å². The third kappa shape index (κ3) is 2.34. The van der Waals surface area contributed by atoms with Crippen molar-refractivity contribution in [3.8, 4) is 11.3 Å². The van der Waals surface area contributed by atoms with E-state index in [-0.39, 0.29) is 5.28 Å². The van der Waals surface area contributed by atoms with Crippen LogP contribution in [0.1, 0.15) is 0 Å². The molecule has 0 aliphatic heterocycles. The molecule has 0 aliphatic carbocycles. The minimum absolute atomic E-state index is 0.277. The third-order valence-corrected chi connectivity index (χ3v) is 6.47. The Balaban J connectivity index is 1.79. The van der Waals surface area contributed by atoms with Crippen molar-refractivity contribution in [1.29, 1.82) is 0 Å². The number of aromatic nitrogens is 2. The lowest BCUT2D eigenvalue weighted by Crippen LogP contribution is -1.91. The van der Waals surface area contributed by atoms with E-state index in [0.717, 1.165) is 27.5 Å². The molecule has 0 saturated heterocycles. The highest BCUT2D eigenvalue weighted by Gasteiger charge is 2.15. The molecule has 0 aliphatic rings. The van der Waals surface area contributed by atoms with E-state index >= 15 is 0 Å². The van der Waals surface area contributed by atoms with Crippen LogP contribution < -0.4 is 0 Å². The molecule has 0 spiro atoms. The molecule has 0 fully saturated rings. The van der Waals surface area contributed by atoms with Crippen molar-refractivity contribution >= 4 is 64.8 Å². The molecule has 4 aromatic carbocycles. The fourth-order valence-corrected chi connectivity index (χ4v) is 5.24. The Morgan fingerprint density at radius 2 is 1.43 bits per heavy atom. The second-order valence-corrected chi connectivity index (χ2v) is 8.26. The van der Waals surface area contributed by atoms with Gasteiger partial charge in [0.25, 0.3) is 0 Å². The van der Waals surface area contributed by atoms with Gasteiger partial charge in [0, 0.05) is 31.1 Å². The molecule has 6 rings (SSSR count). The van der Waals surface area contributed by atoms with E-state index in [4.69, 9.17) is 11.6 Å². The van der Waals surface area contributed by atoms with E-state index in [9.17, 15) is 0 Å². The maximum Gasteiger partial charge on any atom is 0.223 e. The van der Waals surface area contributed by atoms with E-state index in [1.165, 1.54) is 25.6 Å². The number of rotatable bonds is 1. The van der Waals surface area contributed by atoms with Crippen molar-refractivity contribution in [1.82, 2.24) is 9.97 Å². The molecule has 2 aromatic heterocycles. The van der Waals surface area contributed by atoms with E-state index in [1.807, 2.05) is 18.2 Å². The van der Waals surface area contributed by atoms with Crippen molar-refractivity contribution < 1.29 is 0 Å². The van der Waals surface area contributed by atoms with Crippen LogP contribution in [0.3, 0.4) is 0 Å². The van der Waals surface area contributed by atoms with Gasteiger partial charge in [0.05, 0.1) is 11.2 Å². The van der Waals surface area contributed by atoms with Crippen LogP contribution in [-0.4, -0.2) is 9.97 Å². The maximum atomic E-state index is 6.37. The Hall–Kier alpha value is -3.01. The molecule has 0 radical (unpaired) electrons. The van der Waals surface area contributed by atoms with Crippen molar-refractivity contribution in [2.75, 3.05) is 0 Å². The van der Waals surface area contributed by atoms with Gasteiger partial charge in [0.1, 0.15) is 0 Å². The smallest absolute Gasteiger partial charge is 0.217 e. The molecule has 2 nitrogen and oxygen atoms in total. The van der Waals surface area contributed by atoms with Crippen molar-refractivity contribution in [2.45, 2.75) is 0 Å². The lowest BCUT2D eigenvalue weighted by molar-refractivity contribution is 1.23. The largest absolute Gasteiger partial charge is 0.223 e. The molecule has 0 N–H and O–H groups in total. The molecule has 6 aromatic rings. The molecule has 0 unspecified atom stereocenters.